The van der Waals surface area contributed by atoms with E-state index < -0.39 is 10.9 Å². The van der Waals surface area contributed by atoms with Crippen molar-refractivity contribution in [3.63, 3.8) is 0 Å². The Hall–Kier alpha value is -2.15. The molecule has 0 heterocycles. The molecule has 0 saturated heterocycles. The predicted octanol–water partition coefficient (Wildman–Crippen LogP) is 1.05. The van der Waals surface area contributed by atoms with Gasteiger partial charge in [-0.1, -0.05) is 6.07 Å². The third kappa shape index (κ3) is 4.92. The first kappa shape index (κ1) is 14.9. The Morgan fingerprint density at radius 3 is 2.58 bits per heavy atom. The molecule has 1 N–H and O–H groups in total. The molecule has 0 aliphatic heterocycles. The largest absolute Gasteiger partial charge is 0.480 e. The zero-order valence-corrected chi connectivity index (χ0v) is 10.9. The molecule has 0 aromatic heterocycles. The highest BCUT2D eigenvalue weighted by Crippen LogP contribution is 2.20. The van der Waals surface area contributed by atoms with E-state index in [1.807, 2.05) is 19.0 Å². The Balaban J connectivity index is 2.92. The average Bonchev–Trinajstić information content (AvgIpc) is 2.34. The van der Waals surface area contributed by atoms with Gasteiger partial charge in [0.25, 0.3) is 5.69 Å². The van der Waals surface area contributed by atoms with E-state index in [9.17, 15) is 14.9 Å². The minimum Gasteiger partial charge on any atom is -0.480 e. The Bertz CT molecular complexity index is 462. The van der Waals surface area contributed by atoms with E-state index in [1.165, 1.54) is 12.1 Å². The molecule has 0 bridgehead atoms. The number of hydrogen-bond donors (Lipinski definition) is 1. The number of rotatable bonds is 7. The molecule has 0 radical (unpaired) electrons. The van der Waals surface area contributed by atoms with Gasteiger partial charge in [-0.3, -0.25) is 14.9 Å². The van der Waals surface area contributed by atoms with E-state index in [-0.39, 0.29) is 12.2 Å². The van der Waals surface area contributed by atoms with Gasteiger partial charge in [-0.2, -0.15) is 0 Å². The van der Waals surface area contributed by atoms with Crippen LogP contribution in [0.5, 0.6) is 0 Å². The van der Waals surface area contributed by atoms with Crippen molar-refractivity contribution < 1.29 is 14.8 Å². The summed E-state index contributed by atoms with van der Waals surface area (Å²) in [7, 11) is 3.76. The number of nitrogens with zero attached hydrogens (tertiary/aromatic N) is 3. The normalized spacial score (nSPS) is 10.5. The number of anilines is 1. The maximum absolute atomic E-state index is 10.9. The third-order valence-electron chi connectivity index (χ3n) is 2.55. The molecule has 0 unspecified atom stereocenters. The first-order chi connectivity index (χ1) is 8.90. The topological polar surface area (TPSA) is 86.9 Å². The molecule has 0 aliphatic rings. The average molecular weight is 267 g/mol. The molecule has 0 atom stereocenters. The number of carboxylic acids is 1. The summed E-state index contributed by atoms with van der Waals surface area (Å²) in [5.41, 5.74) is 0.496. The SMILES string of the molecule is CN(C)CCN(CC(=O)O)c1cccc([N+](=O)[O-])c1. The first-order valence-electron chi connectivity index (χ1n) is 5.76. The van der Waals surface area contributed by atoms with Gasteiger partial charge in [-0.05, 0) is 20.2 Å². The second kappa shape index (κ2) is 6.69. The van der Waals surface area contributed by atoms with Crippen molar-refractivity contribution in [2.24, 2.45) is 0 Å². The first-order valence-corrected chi connectivity index (χ1v) is 5.76. The van der Waals surface area contributed by atoms with Crippen molar-refractivity contribution in [3.05, 3.63) is 34.4 Å². The van der Waals surface area contributed by atoms with Crippen LogP contribution < -0.4 is 4.90 Å². The molecule has 1 rings (SSSR count). The van der Waals surface area contributed by atoms with E-state index in [0.29, 0.717) is 18.8 Å². The number of aliphatic carboxylic acids is 1. The lowest BCUT2D eigenvalue weighted by molar-refractivity contribution is -0.384. The van der Waals surface area contributed by atoms with Gasteiger partial charge in [0.15, 0.2) is 0 Å². The van der Waals surface area contributed by atoms with Crippen molar-refractivity contribution in [3.8, 4) is 0 Å². The van der Waals surface area contributed by atoms with E-state index in [4.69, 9.17) is 5.11 Å². The maximum atomic E-state index is 10.9. The number of hydrogen-bond acceptors (Lipinski definition) is 5. The van der Waals surface area contributed by atoms with Crippen LogP contribution >= 0.6 is 0 Å². The lowest BCUT2D eigenvalue weighted by Crippen LogP contribution is -2.35. The summed E-state index contributed by atoms with van der Waals surface area (Å²) in [6, 6.07) is 6.00. The number of nitro benzene ring substituents is 1. The monoisotopic (exact) mass is 267 g/mol. The Morgan fingerprint density at radius 1 is 1.37 bits per heavy atom. The van der Waals surface area contributed by atoms with Crippen LogP contribution in [0.4, 0.5) is 11.4 Å². The smallest absolute Gasteiger partial charge is 0.323 e. The Morgan fingerprint density at radius 2 is 2.05 bits per heavy atom. The molecule has 7 nitrogen and oxygen atoms in total. The molecule has 1 aromatic carbocycles. The maximum Gasteiger partial charge on any atom is 0.323 e. The zero-order valence-electron chi connectivity index (χ0n) is 10.9. The molecule has 0 amide bonds. The number of benzene rings is 1. The van der Waals surface area contributed by atoms with Gasteiger partial charge < -0.3 is 14.9 Å². The van der Waals surface area contributed by atoms with Gasteiger partial charge in [-0.25, -0.2) is 0 Å². The van der Waals surface area contributed by atoms with Crippen LogP contribution in [0.15, 0.2) is 24.3 Å². The summed E-state index contributed by atoms with van der Waals surface area (Å²) < 4.78 is 0. The molecule has 104 valence electrons. The van der Waals surface area contributed by atoms with Crippen molar-refractivity contribution >= 4 is 17.3 Å². The second-order valence-electron chi connectivity index (χ2n) is 4.40. The zero-order chi connectivity index (χ0) is 14.4. The van der Waals surface area contributed by atoms with Gasteiger partial charge in [-0.15, -0.1) is 0 Å². The number of likely N-dealkylation sites (N-methyl/N-ethyl adjacent to an activating group) is 1. The van der Waals surface area contributed by atoms with Gasteiger partial charge >= 0.3 is 5.97 Å². The fourth-order valence-corrected chi connectivity index (χ4v) is 1.59. The summed E-state index contributed by atoms with van der Waals surface area (Å²) in [4.78, 5) is 24.6. The van der Waals surface area contributed by atoms with Crippen LogP contribution in [0, 0.1) is 10.1 Å². The summed E-state index contributed by atoms with van der Waals surface area (Å²) in [6.45, 7) is 0.964. The lowest BCUT2D eigenvalue weighted by Gasteiger charge is -2.24. The van der Waals surface area contributed by atoms with Gasteiger partial charge in [0, 0.05) is 30.9 Å². The fourth-order valence-electron chi connectivity index (χ4n) is 1.59. The number of carbonyl (C=O) groups is 1. The van der Waals surface area contributed by atoms with Gasteiger partial charge in [0.05, 0.1) is 4.92 Å². The highest BCUT2D eigenvalue weighted by molar-refractivity contribution is 5.74. The molecule has 1 aromatic rings. The molecular formula is C12H17N3O4. The van der Waals surface area contributed by atoms with Crippen LogP contribution in [0.25, 0.3) is 0 Å². The molecule has 0 aliphatic carbocycles. The molecule has 0 spiro atoms. The van der Waals surface area contributed by atoms with Gasteiger partial charge in [0.2, 0.25) is 0 Å². The minimum absolute atomic E-state index is 0.0438. The number of carboxylic acid groups (broad SMARTS) is 1. The number of nitro groups is 1. The van der Waals surface area contributed by atoms with E-state index >= 15 is 0 Å². The van der Waals surface area contributed by atoms with Crippen molar-refractivity contribution in [1.29, 1.82) is 0 Å². The summed E-state index contributed by atoms with van der Waals surface area (Å²) in [6.07, 6.45) is 0. The van der Waals surface area contributed by atoms with E-state index in [0.717, 1.165) is 0 Å². The number of non-ortho nitro benzene ring substituents is 1. The Labute approximate surface area is 111 Å². The van der Waals surface area contributed by atoms with Crippen molar-refractivity contribution in [2.75, 3.05) is 38.6 Å². The van der Waals surface area contributed by atoms with Gasteiger partial charge in [0.1, 0.15) is 6.54 Å². The molecule has 0 fully saturated rings. The van der Waals surface area contributed by atoms with Crippen LogP contribution in [-0.4, -0.2) is 54.6 Å². The molecular weight excluding hydrogens is 250 g/mol. The van der Waals surface area contributed by atoms with E-state index in [2.05, 4.69) is 0 Å². The van der Waals surface area contributed by atoms with Crippen LogP contribution in [0.1, 0.15) is 0 Å². The summed E-state index contributed by atoms with van der Waals surface area (Å²) in [5, 5.41) is 19.6. The van der Waals surface area contributed by atoms with Crippen LogP contribution in [0.2, 0.25) is 0 Å². The fraction of sp³-hybridized carbons (Fsp3) is 0.417. The molecule has 7 heteroatoms. The quantitative estimate of drug-likeness (QED) is 0.587. The highest BCUT2D eigenvalue weighted by Gasteiger charge is 2.14. The van der Waals surface area contributed by atoms with Crippen molar-refractivity contribution in [1.82, 2.24) is 4.90 Å². The van der Waals surface area contributed by atoms with Crippen molar-refractivity contribution in [2.45, 2.75) is 0 Å². The second-order valence-corrected chi connectivity index (χ2v) is 4.40. The van der Waals surface area contributed by atoms with Crippen LogP contribution in [0.3, 0.4) is 0 Å². The minimum atomic E-state index is -0.967. The van der Waals surface area contributed by atoms with E-state index in [1.54, 1.807) is 17.0 Å². The summed E-state index contributed by atoms with van der Waals surface area (Å²) in [5.74, 6) is -0.967. The molecule has 19 heavy (non-hydrogen) atoms. The lowest BCUT2D eigenvalue weighted by atomic mass is 10.2. The predicted molar refractivity (Wildman–Crippen MR) is 71.5 cm³/mol. The standard InChI is InChI=1S/C12H17N3O4/c1-13(2)6-7-14(9-12(16)17)10-4-3-5-11(8-10)15(18)19/h3-5,8H,6-7,9H2,1-2H3,(H,16,17). The molecule has 0 saturated carbocycles. The van der Waals surface area contributed by atoms with Crippen LogP contribution in [-0.2, 0) is 4.79 Å². The summed E-state index contributed by atoms with van der Waals surface area (Å²) >= 11 is 0. The Kier molecular flexibility index (Phi) is 5.25. The third-order valence-corrected chi connectivity index (χ3v) is 2.55. The highest BCUT2D eigenvalue weighted by atomic mass is 16.6.